The quantitative estimate of drug-likeness (QED) is 0.171. The van der Waals surface area contributed by atoms with Gasteiger partial charge in [-0.1, -0.05) is 47.9 Å². The molecule has 1 aliphatic heterocycles. The number of hydrogen-bond acceptors (Lipinski definition) is 9. The maximum atomic E-state index is 14.2. The summed E-state index contributed by atoms with van der Waals surface area (Å²) in [5, 5.41) is 0.829. The van der Waals surface area contributed by atoms with Crippen LogP contribution in [-0.4, -0.2) is 36.3 Å². The van der Waals surface area contributed by atoms with Gasteiger partial charge in [0.25, 0.3) is 5.56 Å². The lowest BCUT2D eigenvalue weighted by molar-refractivity contribution is -0.139. The monoisotopic (exact) mass is 682 g/mol. The molecule has 0 saturated carbocycles. The van der Waals surface area contributed by atoms with Crippen molar-refractivity contribution in [3.63, 3.8) is 0 Å². The van der Waals surface area contributed by atoms with Gasteiger partial charge in [0.2, 0.25) is 0 Å². The Morgan fingerprint density at radius 1 is 1.07 bits per heavy atom. The van der Waals surface area contributed by atoms with E-state index < -0.39 is 23.5 Å². The van der Waals surface area contributed by atoms with E-state index in [2.05, 4.69) is 0 Å². The van der Waals surface area contributed by atoms with E-state index in [1.165, 1.54) is 11.7 Å². The number of furan rings is 1. The van der Waals surface area contributed by atoms with Gasteiger partial charge in [0.15, 0.2) is 4.80 Å². The summed E-state index contributed by atoms with van der Waals surface area (Å²) in [5.74, 6) is 0.101. The highest BCUT2D eigenvalue weighted by Gasteiger charge is 2.36. The predicted octanol–water partition coefficient (Wildman–Crippen LogP) is 6.72. The Labute approximate surface area is 279 Å². The highest BCUT2D eigenvalue weighted by atomic mass is 35.5. The molecule has 0 bridgehead atoms. The summed E-state index contributed by atoms with van der Waals surface area (Å²) in [4.78, 5) is 45.6. The number of carbonyl (C=O) groups excluding carboxylic acids is 2. The van der Waals surface area contributed by atoms with Crippen LogP contribution in [0.5, 0.6) is 5.75 Å². The van der Waals surface area contributed by atoms with E-state index in [0.717, 1.165) is 11.3 Å². The molecule has 2 aromatic heterocycles. The van der Waals surface area contributed by atoms with Crippen LogP contribution in [-0.2, 0) is 14.3 Å². The van der Waals surface area contributed by atoms with Crippen molar-refractivity contribution < 1.29 is 28.2 Å². The minimum absolute atomic E-state index is 0.149. The lowest BCUT2D eigenvalue weighted by Gasteiger charge is -2.27. The third kappa shape index (κ3) is 6.70. The predicted molar refractivity (Wildman–Crippen MR) is 177 cm³/mol. The van der Waals surface area contributed by atoms with Crippen molar-refractivity contribution in [1.82, 2.24) is 4.57 Å². The number of hydrogen-bond donors (Lipinski definition) is 0. The van der Waals surface area contributed by atoms with Gasteiger partial charge in [0.1, 0.15) is 23.3 Å². The summed E-state index contributed by atoms with van der Waals surface area (Å²) in [7, 11) is 1.51. The van der Waals surface area contributed by atoms with E-state index >= 15 is 0 Å². The van der Waals surface area contributed by atoms with Crippen molar-refractivity contribution in [3.05, 3.63) is 106 Å². The Morgan fingerprint density at radius 3 is 2.50 bits per heavy atom. The molecule has 0 spiro atoms. The molecule has 0 amide bonds. The van der Waals surface area contributed by atoms with Crippen LogP contribution < -0.4 is 19.6 Å². The molecule has 0 unspecified atom stereocenters. The minimum Gasteiger partial charge on any atom is -0.496 e. The summed E-state index contributed by atoms with van der Waals surface area (Å²) in [5.41, 5.74) is 1.67. The number of allylic oxidation sites excluding steroid dienone is 1. The number of thiazole rings is 1. The highest BCUT2D eigenvalue weighted by molar-refractivity contribution is 7.07. The largest absolute Gasteiger partial charge is 0.496 e. The van der Waals surface area contributed by atoms with E-state index in [1.807, 2.05) is 6.92 Å². The van der Waals surface area contributed by atoms with Gasteiger partial charge < -0.3 is 18.6 Å². The first kappa shape index (κ1) is 33.2. The Kier molecular flexibility index (Phi) is 10.2. The normalized spacial score (nSPS) is 14.7. The molecule has 0 aliphatic carbocycles. The van der Waals surface area contributed by atoms with Crippen LogP contribution >= 0.6 is 34.5 Å². The first-order valence-electron chi connectivity index (χ1n) is 14.7. The molecular weight excluding hydrogens is 651 g/mol. The second-order valence-corrected chi connectivity index (χ2v) is 12.5. The first-order valence-corrected chi connectivity index (χ1v) is 16.3. The number of esters is 2. The van der Waals surface area contributed by atoms with Gasteiger partial charge in [-0.2, -0.15) is 0 Å². The summed E-state index contributed by atoms with van der Waals surface area (Å²) in [6.07, 6.45) is 2.49. The maximum Gasteiger partial charge on any atom is 0.339 e. The number of ether oxygens (including phenoxy) is 3. The minimum atomic E-state index is -0.902. The molecule has 0 saturated heterocycles. The number of halogens is 2. The zero-order valence-corrected chi connectivity index (χ0v) is 28.2. The fourth-order valence-electron chi connectivity index (χ4n) is 5.21. The summed E-state index contributed by atoms with van der Waals surface area (Å²) >= 11 is 13.9. The maximum absolute atomic E-state index is 14.2. The molecule has 1 atom stereocenters. The fourth-order valence-corrected chi connectivity index (χ4v) is 6.57. The molecule has 3 heterocycles. The van der Waals surface area contributed by atoms with Gasteiger partial charge in [-0.15, -0.1) is 0 Å². The van der Waals surface area contributed by atoms with Gasteiger partial charge in [-0.25, -0.2) is 14.6 Å². The molecule has 2 aromatic carbocycles. The third-order valence-electron chi connectivity index (χ3n) is 7.09. The third-order valence-corrected chi connectivity index (χ3v) is 8.54. The van der Waals surface area contributed by atoms with Gasteiger partial charge in [0.05, 0.1) is 41.2 Å². The van der Waals surface area contributed by atoms with Crippen molar-refractivity contribution in [3.8, 4) is 17.1 Å². The Bertz CT molecular complexity index is 2020. The SMILES string of the molecule is CCCC1=C(C(=O)OCC)[C@@H](c2cc(Cl)ccc2OC)n2c(s/c(=C\c3ccc(-c4cc(Cl)ccc4C(=O)OC(C)C)o3)c2=O)=N1. The molecule has 0 fully saturated rings. The molecule has 0 N–H and O–H groups in total. The number of rotatable bonds is 10. The van der Waals surface area contributed by atoms with Crippen molar-refractivity contribution in [2.45, 2.75) is 52.7 Å². The summed E-state index contributed by atoms with van der Waals surface area (Å²) < 4.78 is 24.4. The van der Waals surface area contributed by atoms with E-state index in [4.69, 9.17) is 46.8 Å². The number of carbonyl (C=O) groups is 2. The molecule has 5 rings (SSSR count). The molecule has 9 nitrogen and oxygen atoms in total. The van der Waals surface area contributed by atoms with Crippen LogP contribution in [0.4, 0.5) is 0 Å². The first-order chi connectivity index (χ1) is 22.1. The average Bonchev–Trinajstić information content (AvgIpc) is 3.60. The summed E-state index contributed by atoms with van der Waals surface area (Å²) in [6, 6.07) is 12.4. The zero-order chi connectivity index (χ0) is 33.1. The number of aromatic nitrogens is 1. The Morgan fingerprint density at radius 2 is 1.80 bits per heavy atom. The molecular formula is C34H32Cl2N2O7S. The van der Waals surface area contributed by atoms with Gasteiger partial charge >= 0.3 is 11.9 Å². The van der Waals surface area contributed by atoms with Crippen LogP contribution in [0.15, 0.2) is 74.0 Å². The molecule has 0 radical (unpaired) electrons. The lowest BCUT2D eigenvalue weighted by atomic mass is 9.93. The van der Waals surface area contributed by atoms with E-state index in [1.54, 1.807) is 75.4 Å². The Balaban J connectivity index is 1.68. The second kappa shape index (κ2) is 14.1. The highest BCUT2D eigenvalue weighted by Crippen LogP contribution is 2.38. The van der Waals surface area contributed by atoms with E-state index in [9.17, 15) is 14.4 Å². The van der Waals surface area contributed by atoms with Crippen LogP contribution in [0.25, 0.3) is 17.4 Å². The summed E-state index contributed by atoms with van der Waals surface area (Å²) in [6.45, 7) is 7.39. The molecule has 46 heavy (non-hydrogen) atoms. The number of benzene rings is 2. The van der Waals surface area contributed by atoms with Crippen molar-refractivity contribution in [1.29, 1.82) is 0 Å². The number of fused-ring (bicyclic) bond motifs is 1. The molecule has 240 valence electrons. The second-order valence-electron chi connectivity index (χ2n) is 10.6. The molecule has 12 heteroatoms. The van der Waals surface area contributed by atoms with Gasteiger partial charge in [-0.3, -0.25) is 9.36 Å². The van der Waals surface area contributed by atoms with Crippen molar-refractivity contribution >= 4 is 52.6 Å². The van der Waals surface area contributed by atoms with Crippen LogP contribution in [0.3, 0.4) is 0 Å². The van der Waals surface area contributed by atoms with Crippen molar-refractivity contribution in [2.24, 2.45) is 4.99 Å². The smallest absolute Gasteiger partial charge is 0.339 e. The van der Waals surface area contributed by atoms with E-state index in [0.29, 0.717) is 71.9 Å². The van der Waals surface area contributed by atoms with Crippen molar-refractivity contribution in [2.75, 3.05) is 13.7 Å². The fraction of sp³-hybridized carbons (Fsp3) is 0.294. The van der Waals surface area contributed by atoms with Crippen LogP contribution in [0, 0.1) is 0 Å². The zero-order valence-electron chi connectivity index (χ0n) is 25.9. The molecule has 1 aliphatic rings. The number of methoxy groups -OCH3 is 1. The number of nitrogens with zero attached hydrogens (tertiary/aromatic N) is 2. The van der Waals surface area contributed by atoms with Gasteiger partial charge in [-0.05, 0) is 75.7 Å². The average molecular weight is 684 g/mol. The topological polar surface area (TPSA) is 109 Å². The van der Waals surface area contributed by atoms with E-state index in [-0.39, 0.29) is 18.3 Å². The van der Waals surface area contributed by atoms with Crippen LogP contribution in [0.2, 0.25) is 10.0 Å². The lowest BCUT2D eigenvalue weighted by Crippen LogP contribution is -2.40. The van der Waals surface area contributed by atoms with Crippen LogP contribution in [0.1, 0.15) is 68.3 Å². The standard InChI is InChI=1S/C34H32Cl2N2O7S/c1-6-8-25-29(33(41)43-7-2)30(24-16-20(36)10-13-26(24)42-5)38-31(39)28(46-34(38)37-25)17-21-11-14-27(45-21)23-15-19(35)9-12-22(23)32(40)44-18(3)4/h9-18,30H,6-8H2,1-5H3/b28-17-/t30-/m1/s1. The Hall–Kier alpha value is -4.12. The van der Waals surface area contributed by atoms with Gasteiger partial charge in [0, 0.05) is 27.2 Å². The molecule has 4 aromatic rings.